The second-order valence-corrected chi connectivity index (χ2v) is 5.30. The Morgan fingerprint density at radius 3 is 2.70 bits per heavy atom. The van der Waals surface area contributed by atoms with Crippen molar-refractivity contribution in [3.05, 3.63) is 23.3 Å². The molecular weight excluding hydrogens is 256 g/mol. The Bertz CT molecular complexity index is 512. The summed E-state index contributed by atoms with van der Waals surface area (Å²) in [5.41, 5.74) is 1.16. The normalized spacial score (nSPS) is 28.4. The van der Waals surface area contributed by atoms with Gasteiger partial charge in [-0.2, -0.15) is 0 Å². The summed E-state index contributed by atoms with van der Waals surface area (Å²) < 4.78 is 5.01. The van der Waals surface area contributed by atoms with E-state index in [0.29, 0.717) is 17.9 Å². The first kappa shape index (κ1) is 13.5. The average molecular weight is 276 g/mol. The summed E-state index contributed by atoms with van der Waals surface area (Å²) in [4.78, 5) is 25.6. The zero-order valence-electron chi connectivity index (χ0n) is 12.0. The van der Waals surface area contributed by atoms with Crippen molar-refractivity contribution in [2.45, 2.75) is 19.9 Å². The zero-order chi connectivity index (χ0) is 14.1. The van der Waals surface area contributed by atoms with E-state index < -0.39 is 0 Å². The number of carbonyl (C=O) groups is 1. The van der Waals surface area contributed by atoms with Gasteiger partial charge < -0.3 is 4.74 Å². The number of ether oxygens (including phenoxy) is 1. The minimum Gasteiger partial charge on any atom is -0.462 e. The van der Waals surface area contributed by atoms with Crippen molar-refractivity contribution in [3.8, 4) is 0 Å². The van der Waals surface area contributed by atoms with Crippen LogP contribution in [0.15, 0.2) is 6.20 Å². The Balaban J connectivity index is 1.82. The molecule has 108 valence electrons. The van der Waals surface area contributed by atoms with Gasteiger partial charge in [-0.25, -0.2) is 14.8 Å². The number of nitrogens with zero attached hydrogens (tertiary/aromatic N) is 4. The molecule has 0 saturated carbocycles. The van der Waals surface area contributed by atoms with Gasteiger partial charge in [0.25, 0.3) is 0 Å². The summed E-state index contributed by atoms with van der Waals surface area (Å²) >= 11 is 0. The Labute approximate surface area is 118 Å². The fourth-order valence-corrected chi connectivity index (χ4v) is 2.92. The highest BCUT2D eigenvalue weighted by Gasteiger charge is 2.34. The summed E-state index contributed by atoms with van der Waals surface area (Å²) in [6, 6.07) is 0.257. The molecule has 3 aliphatic heterocycles. The molecule has 0 aromatic carbocycles. The van der Waals surface area contributed by atoms with Crippen molar-refractivity contribution in [2.24, 2.45) is 0 Å². The van der Waals surface area contributed by atoms with Crippen molar-refractivity contribution >= 4 is 5.97 Å². The van der Waals surface area contributed by atoms with Gasteiger partial charge >= 0.3 is 5.97 Å². The number of fused-ring (bicyclic) bond motifs is 3. The van der Waals surface area contributed by atoms with Crippen LogP contribution in [-0.4, -0.2) is 65.1 Å². The largest absolute Gasteiger partial charge is 0.462 e. The second-order valence-electron chi connectivity index (χ2n) is 5.30. The van der Waals surface area contributed by atoms with Crippen LogP contribution in [-0.2, 0) is 4.74 Å². The van der Waals surface area contributed by atoms with Gasteiger partial charge in [-0.15, -0.1) is 0 Å². The average Bonchev–Trinajstić information content (AvgIpc) is 2.48. The van der Waals surface area contributed by atoms with E-state index in [1.54, 1.807) is 13.1 Å². The van der Waals surface area contributed by atoms with Crippen LogP contribution in [0.3, 0.4) is 0 Å². The van der Waals surface area contributed by atoms with Crippen molar-refractivity contribution in [1.82, 2.24) is 19.8 Å². The van der Waals surface area contributed by atoms with Gasteiger partial charge in [-0.1, -0.05) is 0 Å². The molecule has 1 unspecified atom stereocenters. The smallest absolute Gasteiger partial charge is 0.341 e. The number of esters is 1. The number of hydrogen-bond donors (Lipinski definition) is 0. The van der Waals surface area contributed by atoms with Gasteiger partial charge in [-0.05, 0) is 13.8 Å². The van der Waals surface area contributed by atoms with Crippen LogP contribution >= 0.6 is 0 Å². The number of aryl methyl sites for hydroxylation is 1. The maximum absolute atomic E-state index is 11.8. The lowest BCUT2D eigenvalue weighted by Crippen LogP contribution is -2.57. The molecule has 1 aromatic rings. The molecule has 2 bridgehead atoms. The summed E-state index contributed by atoms with van der Waals surface area (Å²) in [5.74, 6) is 0.478. The number of carbonyl (C=O) groups excluding carboxylic acids is 1. The first-order valence-electron chi connectivity index (χ1n) is 7.16. The number of hydrogen-bond acceptors (Lipinski definition) is 6. The van der Waals surface area contributed by atoms with E-state index >= 15 is 0 Å². The third kappa shape index (κ3) is 2.41. The highest BCUT2D eigenvalue weighted by atomic mass is 16.5. The quantitative estimate of drug-likeness (QED) is 0.755. The summed E-state index contributed by atoms with van der Waals surface area (Å²) in [6.07, 6.45) is 1.61. The Morgan fingerprint density at radius 1 is 1.40 bits per heavy atom. The van der Waals surface area contributed by atoms with Crippen molar-refractivity contribution in [1.29, 1.82) is 0 Å². The Kier molecular flexibility index (Phi) is 3.67. The lowest BCUT2D eigenvalue weighted by Gasteiger charge is -2.46. The molecular formula is C14H20N4O2. The predicted octanol–water partition coefficient (Wildman–Crippen LogP) is 0.634. The van der Waals surface area contributed by atoms with Crippen LogP contribution in [0.5, 0.6) is 0 Å². The topological polar surface area (TPSA) is 58.6 Å². The van der Waals surface area contributed by atoms with Crippen molar-refractivity contribution in [2.75, 3.05) is 39.3 Å². The number of rotatable bonds is 3. The Hall–Kier alpha value is -1.53. The second kappa shape index (κ2) is 5.46. The van der Waals surface area contributed by atoms with Crippen LogP contribution in [0.1, 0.15) is 34.8 Å². The number of piperazine rings is 3. The minimum absolute atomic E-state index is 0.257. The highest BCUT2D eigenvalue weighted by molar-refractivity contribution is 5.90. The van der Waals surface area contributed by atoms with Crippen LogP contribution in [0, 0.1) is 6.92 Å². The lowest BCUT2D eigenvalue weighted by molar-refractivity contribution is 0.00852. The highest BCUT2D eigenvalue weighted by Crippen LogP contribution is 2.26. The van der Waals surface area contributed by atoms with Crippen LogP contribution in [0.4, 0.5) is 0 Å². The first-order chi connectivity index (χ1) is 9.69. The molecule has 4 heterocycles. The molecule has 1 aromatic heterocycles. The molecule has 0 N–H and O–H groups in total. The van der Waals surface area contributed by atoms with E-state index in [1.165, 1.54) is 0 Å². The van der Waals surface area contributed by atoms with Gasteiger partial charge in [0, 0.05) is 38.9 Å². The van der Waals surface area contributed by atoms with Crippen molar-refractivity contribution < 1.29 is 9.53 Å². The first-order valence-corrected chi connectivity index (χ1v) is 7.16. The van der Waals surface area contributed by atoms with Crippen LogP contribution in [0.2, 0.25) is 0 Å². The fourth-order valence-electron chi connectivity index (χ4n) is 2.92. The van der Waals surface area contributed by atoms with Gasteiger partial charge in [0.05, 0.1) is 23.9 Å². The predicted molar refractivity (Wildman–Crippen MR) is 73.5 cm³/mol. The molecule has 0 radical (unpaired) electrons. The molecule has 0 aliphatic carbocycles. The third-order valence-corrected chi connectivity index (χ3v) is 4.07. The summed E-state index contributed by atoms with van der Waals surface area (Å²) in [5, 5.41) is 0. The van der Waals surface area contributed by atoms with Crippen LogP contribution < -0.4 is 0 Å². The molecule has 1 atom stereocenters. The van der Waals surface area contributed by atoms with Gasteiger partial charge in [0.2, 0.25) is 0 Å². The van der Waals surface area contributed by atoms with Gasteiger partial charge in [-0.3, -0.25) is 9.80 Å². The Morgan fingerprint density at radius 2 is 2.15 bits per heavy atom. The van der Waals surface area contributed by atoms with E-state index in [4.69, 9.17) is 4.74 Å². The van der Waals surface area contributed by atoms with Crippen molar-refractivity contribution in [3.63, 3.8) is 0 Å². The molecule has 3 aliphatic rings. The minimum atomic E-state index is -0.342. The molecule has 4 rings (SSSR count). The van der Waals surface area contributed by atoms with E-state index in [9.17, 15) is 4.79 Å². The van der Waals surface area contributed by atoms with E-state index in [0.717, 1.165) is 38.5 Å². The molecule has 20 heavy (non-hydrogen) atoms. The number of aromatic nitrogens is 2. The molecule has 6 heteroatoms. The summed E-state index contributed by atoms with van der Waals surface area (Å²) in [6.45, 7) is 9.41. The zero-order valence-corrected chi connectivity index (χ0v) is 12.0. The molecule has 6 nitrogen and oxygen atoms in total. The van der Waals surface area contributed by atoms with Gasteiger partial charge in [0.1, 0.15) is 5.82 Å². The molecule has 3 saturated heterocycles. The maximum atomic E-state index is 11.8. The standard InChI is InChI=1S/C14H20N4O2/c1-3-20-14(19)11-8-15-13(16-10(11)2)12-9-17-4-6-18(12)7-5-17/h8,12H,3-7,9H2,1-2H3. The van der Waals surface area contributed by atoms with E-state index in [-0.39, 0.29) is 12.0 Å². The third-order valence-electron chi connectivity index (χ3n) is 4.07. The monoisotopic (exact) mass is 276 g/mol. The fraction of sp³-hybridized carbons (Fsp3) is 0.643. The van der Waals surface area contributed by atoms with Crippen LogP contribution in [0.25, 0.3) is 0 Å². The summed E-state index contributed by atoms with van der Waals surface area (Å²) in [7, 11) is 0. The lowest BCUT2D eigenvalue weighted by atomic mass is 10.1. The molecule has 3 fully saturated rings. The van der Waals surface area contributed by atoms with E-state index in [1.807, 2.05) is 6.92 Å². The molecule has 0 spiro atoms. The maximum Gasteiger partial charge on any atom is 0.341 e. The van der Waals surface area contributed by atoms with Gasteiger partial charge in [0.15, 0.2) is 0 Å². The molecule has 0 amide bonds. The van der Waals surface area contributed by atoms with E-state index in [2.05, 4.69) is 19.8 Å². The SMILES string of the molecule is CCOC(=O)c1cnc(C2CN3CCN2CC3)nc1C.